The van der Waals surface area contributed by atoms with Crippen LogP contribution in [0.15, 0.2) is 18.2 Å². The summed E-state index contributed by atoms with van der Waals surface area (Å²) in [7, 11) is 1.64. The Bertz CT molecular complexity index is 425. The van der Waals surface area contributed by atoms with Gasteiger partial charge in [-0.15, -0.1) is 0 Å². The predicted molar refractivity (Wildman–Crippen MR) is 68.7 cm³/mol. The second-order valence-electron chi connectivity index (χ2n) is 2.78. The average Bonchev–Trinajstić information content (AvgIpc) is 2.25. The number of hydrogen-bond donors (Lipinski definition) is 3. The molecular formula is C9H9Cl2N3OS. The first-order valence-electron chi connectivity index (χ1n) is 4.27. The van der Waals surface area contributed by atoms with Crippen LogP contribution in [-0.2, 0) is 0 Å². The Morgan fingerprint density at radius 3 is 2.56 bits per heavy atom. The molecule has 0 saturated heterocycles. The first-order valence-corrected chi connectivity index (χ1v) is 5.44. The molecule has 3 N–H and O–H groups in total. The van der Waals surface area contributed by atoms with E-state index in [1.807, 2.05) is 0 Å². The molecule has 0 aliphatic carbocycles. The molecule has 86 valence electrons. The highest BCUT2D eigenvalue weighted by Gasteiger charge is 2.10. The van der Waals surface area contributed by atoms with Crippen molar-refractivity contribution in [2.75, 3.05) is 7.05 Å². The van der Waals surface area contributed by atoms with Crippen LogP contribution in [0.3, 0.4) is 0 Å². The molecule has 1 rings (SSSR count). The van der Waals surface area contributed by atoms with E-state index in [1.54, 1.807) is 13.1 Å². The summed E-state index contributed by atoms with van der Waals surface area (Å²) in [6, 6.07) is 4.61. The molecule has 0 aliphatic rings. The Kier molecular flexibility index (Phi) is 4.79. The van der Waals surface area contributed by atoms with E-state index < -0.39 is 0 Å². The number of halogens is 2. The lowest BCUT2D eigenvalue weighted by atomic mass is 10.2. The summed E-state index contributed by atoms with van der Waals surface area (Å²) in [5.41, 5.74) is 5.21. The number of nitrogens with one attached hydrogen (secondary N) is 3. The fourth-order valence-electron chi connectivity index (χ4n) is 0.917. The zero-order valence-electron chi connectivity index (χ0n) is 8.30. The van der Waals surface area contributed by atoms with E-state index in [9.17, 15) is 4.79 Å². The highest BCUT2D eigenvalue weighted by molar-refractivity contribution is 7.80. The van der Waals surface area contributed by atoms with Crippen LogP contribution in [0.25, 0.3) is 0 Å². The zero-order valence-corrected chi connectivity index (χ0v) is 10.6. The van der Waals surface area contributed by atoms with E-state index in [0.717, 1.165) is 0 Å². The average molecular weight is 278 g/mol. The fraction of sp³-hybridized carbons (Fsp3) is 0.111. The predicted octanol–water partition coefficient (Wildman–Crippen LogP) is 1.73. The molecule has 0 heterocycles. The van der Waals surface area contributed by atoms with Crippen molar-refractivity contribution in [1.29, 1.82) is 0 Å². The van der Waals surface area contributed by atoms with Crippen LogP contribution in [0.5, 0.6) is 0 Å². The van der Waals surface area contributed by atoms with Crippen molar-refractivity contribution >= 4 is 46.4 Å². The Morgan fingerprint density at radius 1 is 1.31 bits per heavy atom. The molecule has 0 aromatic heterocycles. The third-order valence-corrected chi connectivity index (χ3v) is 2.55. The van der Waals surface area contributed by atoms with Crippen LogP contribution >= 0.6 is 35.4 Å². The largest absolute Gasteiger partial charge is 0.364 e. The standard InChI is InChI=1S/C9H9Cl2N3OS/c1-12-9(16)14-13-8(15)6-3-2-5(10)4-7(6)11/h2-4H,1H3,(H,13,15)(H2,12,14,16). The van der Waals surface area contributed by atoms with Crippen LogP contribution < -0.4 is 16.2 Å². The number of rotatable bonds is 1. The molecule has 0 saturated carbocycles. The molecule has 1 amide bonds. The van der Waals surface area contributed by atoms with Crippen LogP contribution in [0.4, 0.5) is 0 Å². The van der Waals surface area contributed by atoms with Crippen molar-refractivity contribution in [2.24, 2.45) is 0 Å². The minimum Gasteiger partial charge on any atom is -0.364 e. The third kappa shape index (κ3) is 3.52. The van der Waals surface area contributed by atoms with Crippen LogP contribution in [-0.4, -0.2) is 18.1 Å². The summed E-state index contributed by atoms with van der Waals surface area (Å²) in [6.45, 7) is 0. The summed E-state index contributed by atoms with van der Waals surface area (Å²) in [5, 5.41) is 3.70. The highest BCUT2D eigenvalue weighted by Crippen LogP contribution is 2.20. The van der Waals surface area contributed by atoms with Crippen molar-refractivity contribution < 1.29 is 4.79 Å². The van der Waals surface area contributed by atoms with Gasteiger partial charge in [-0.05, 0) is 30.4 Å². The molecule has 0 atom stereocenters. The van der Waals surface area contributed by atoms with Crippen molar-refractivity contribution in [3.8, 4) is 0 Å². The van der Waals surface area contributed by atoms with Crippen molar-refractivity contribution in [2.45, 2.75) is 0 Å². The Balaban J connectivity index is 2.70. The number of amides is 1. The summed E-state index contributed by atoms with van der Waals surface area (Å²) in [5.74, 6) is -0.390. The molecule has 0 radical (unpaired) electrons. The van der Waals surface area contributed by atoms with Gasteiger partial charge in [-0.3, -0.25) is 15.6 Å². The lowest BCUT2D eigenvalue weighted by Crippen LogP contribution is -2.45. The van der Waals surface area contributed by atoms with Gasteiger partial charge in [0.15, 0.2) is 5.11 Å². The molecule has 16 heavy (non-hydrogen) atoms. The second kappa shape index (κ2) is 5.89. The van der Waals surface area contributed by atoms with Crippen LogP contribution in [0, 0.1) is 0 Å². The minimum atomic E-state index is -0.390. The maximum Gasteiger partial charge on any atom is 0.271 e. The maximum atomic E-state index is 11.6. The Morgan fingerprint density at radius 2 is 2.00 bits per heavy atom. The lowest BCUT2D eigenvalue weighted by Gasteiger charge is -2.09. The quantitative estimate of drug-likeness (QED) is 0.541. The van der Waals surface area contributed by atoms with Crippen LogP contribution in [0.2, 0.25) is 10.0 Å². The smallest absolute Gasteiger partial charge is 0.271 e. The molecule has 1 aromatic carbocycles. The van der Waals surface area contributed by atoms with E-state index in [2.05, 4.69) is 16.2 Å². The van der Waals surface area contributed by atoms with E-state index in [0.29, 0.717) is 15.7 Å². The van der Waals surface area contributed by atoms with Crippen molar-refractivity contribution in [3.05, 3.63) is 33.8 Å². The van der Waals surface area contributed by atoms with Gasteiger partial charge < -0.3 is 5.32 Å². The minimum absolute atomic E-state index is 0.280. The van der Waals surface area contributed by atoms with Gasteiger partial charge in [-0.1, -0.05) is 23.2 Å². The van der Waals surface area contributed by atoms with Gasteiger partial charge in [-0.25, -0.2) is 0 Å². The zero-order chi connectivity index (χ0) is 12.1. The van der Waals surface area contributed by atoms with E-state index in [1.165, 1.54) is 12.1 Å². The van der Waals surface area contributed by atoms with Gasteiger partial charge in [-0.2, -0.15) is 0 Å². The summed E-state index contributed by atoms with van der Waals surface area (Å²) >= 11 is 16.3. The maximum absolute atomic E-state index is 11.6. The molecule has 0 aliphatic heterocycles. The number of thiocarbonyl (C=S) groups is 1. The topological polar surface area (TPSA) is 53.2 Å². The lowest BCUT2D eigenvalue weighted by molar-refractivity contribution is 0.0944. The van der Waals surface area contributed by atoms with Gasteiger partial charge in [0.2, 0.25) is 0 Å². The highest BCUT2D eigenvalue weighted by atomic mass is 35.5. The second-order valence-corrected chi connectivity index (χ2v) is 4.03. The van der Waals surface area contributed by atoms with Gasteiger partial charge >= 0.3 is 0 Å². The van der Waals surface area contributed by atoms with Crippen molar-refractivity contribution in [1.82, 2.24) is 16.2 Å². The molecular weight excluding hydrogens is 269 g/mol. The van der Waals surface area contributed by atoms with E-state index >= 15 is 0 Å². The van der Waals surface area contributed by atoms with Crippen molar-refractivity contribution in [3.63, 3.8) is 0 Å². The molecule has 4 nitrogen and oxygen atoms in total. The van der Waals surface area contributed by atoms with Gasteiger partial charge in [0.25, 0.3) is 5.91 Å². The fourth-order valence-corrected chi connectivity index (χ4v) is 1.46. The number of benzene rings is 1. The monoisotopic (exact) mass is 277 g/mol. The van der Waals surface area contributed by atoms with Crippen LogP contribution in [0.1, 0.15) is 10.4 Å². The molecule has 0 unspecified atom stereocenters. The summed E-state index contributed by atoms with van der Waals surface area (Å²) in [6.07, 6.45) is 0. The Labute approximate surface area is 108 Å². The van der Waals surface area contributed by atoms with Gasteiger partial charge in [0.05, 0.1) is 10.6 Å². The number of hydrazine groups is 1. The molecule has 7 heteroatoms. The Hall–Kier alpha value is -1.04. The number of carbonyl (C=O) groups is 1. The third-order valence-electron chi connectivity index (χ3n) is 1.69. The number of hydrogen-bond acceptors (Lipinski definition) is 2. The summed E-state index contributed by atoms with van der Waals surface area (Å²) in [4.78, 5) is 11.6. The van der Waals surface area contributed by atoms with Gasteiger partial charge in [0, 0.05) is 12.1 Å². The van der Waals surface area contributed by atoms with Gasteiger partial charge in [0.1, 0.15) is 0 Å². The SMILES string of the molecule is CNC(=S)NNC(=O)c1ccc(Cl)cc1Cl. The normalized spacial score (nSPS) is 9.44. The number of carbonyl (C=O) groups excluding carboxylic acids is 1. The summed E-state index contributed by atoms with van der Waals surface area (Å²) < 4.78 is 0. The first-order chi connectivity index (χ1) is 7.54. The molecule has 1 aromatic rings. The first kappa shape index (κ1) is 13.0. The molecule has 0 spiro atoms. The van der Waals surface area contributed by atoms with E-state index in [-0.39, 0.29) is 10.9 Å². The van der Waals surface area contributed by atoms with E-state index in [4.69, 9.17) is 35.4 Å². The molecule has 0 bridgehead atoms. The molecule has 0 fully saturated rings.